The Morgan fingerprint density at radius 3 is 2.79 bits per heavy atom. The zero-order chi connectivity index (χ0) is 13.8. The predicted octanol–water partition coefficient (Wildman–Crippen LogP) is 3.11. The van der Waals surface area contributed by atoms with Gasteiger partial charge in [-0.25, -0.2) is 9.78 Å². The Morgan fingerprint density at radius 2 is 2.11 bits per heavy atom. The minimum atomic E-state index is -0.976. The Balaban J connectivity index is 2.39. The lowest BCUT2D eigenvalue weighted by molar-refractivity contribution is 0.0693. The zero-order valence-corrected chi connectivity index (χ0v) is 10.9. The number of carboxylic acid groups (broad SMARTS) is 1. The maximum absolute atomic E-state index is 11.1. The molecule has 2 aromatic rings. The molecule has 94 valence electrons. The molecule has 0 bridgehead atoms. The van der Waals surface area contributed by atoms with E-state index in [4.69, 9.17) is 10.4 Å². The summed E-state index contributed by atoms with van der Waals surface area (Å²) in [6.45, 7) is 1.80. The van der Waals surface area contributed by atoms with Crippen LogP contribution in [0.15, 0.2) is 46.3 Å². The van der Waals surface area contributed by atoms with E-state index in [1.807, 2.05) is 0 Å². The van der Waals surface area contributed by atoms with Crippen LogP contribution in [0.4, 0.5) is 0 Å². The first-order chi connectivity index (χ1) is 9.10. The number of hydrogen-bond donors (Lipinski definition) is 1. The number of hydrogen-bond acceptors (Lipinski definition) is 4. The van der Waals surface area contributed by atoms with E-state index in [1.54, 1.807) is 43.3 Å². The van der Waals surface area contributed by atoms with Gasteiger partial charge in [-0.2, -0.15) is 5.26 Å². The number of benzene rings is 1. The van der Waals surface area contributed by atoms with Crippen LogP contribution in [0.2, 0.25) is 0 Å². The summed E-state index contributed by atoms with van der Waals surface area (Å²) in [5.41, 5.74) is 1.48. The van der Waals surface area contributed by atoms with E-state index in [2.05, 4.69) is 11.1 Å². The van der Waals surface area contributed by atoms with Crippen LogP contribution in [0, 0.1) is 18.3 Å². The van der Waals surface area contributed by atoms with Gasteiger partial charge in [0.25, 0.3) is 0 Å². The van der Waals surface area contributed by atoms with Gasteiger partial charge in [-0.3, -0.25) is 0 Å². The molecule has 0 amide bonds. The molecule has 0 saturated heterocycles. The van der Waals surface area contributed by atoms with Crippen molar-refractivity contribution in [3.63, 3.8) is 0 Å². The summed E-state index contributed by atoms with van der Waals surface area (Å²) in [5, 5.41) is 18.6. The first-order valence-corrected chi connectivity index (χ1v) is 6.31. The molecule has 0 radical (unpaired) electrons. The number of aromatic carboxylic acids is 1. The lowest BCUT2D eigenvalue weighted by atomic mass is 10.2. The molecule has 4 nitrogen and oxygen atoms in total. The predicted molar refractivity (Wildman–Crippen MR) is 71.2 cm³/mol. The molecule has 0 atom stereocenters. The standard InChI is InChI=1S/C14H10N2O2S/c1-9-6-10(8-15)7-13(16-9)19-12-5-3-2-4-11(12)14(17)18/h2-7H,1H3,(H,17,18). The summed E-state index contributed by atoms with van der Waals surface area (Å²) in [7, 11) is 0. The summed E-state index contributed by atoms with van der Waals surface area (Å²) in [5.74, 6) is -0.976. The third-order valence-corrected chi connectivity index (χ3v) is 3.39. The largest absolute Gasteiger partial charge is 0.478 e. The monoisotopic (exact) mass is 270 g/mol. The molecule has 0 unspecified atom stereocenters. The van der Waals surface area contributed by atoms with Gasteiger partial charge < -0.3 is 5.11 Å². The number of aromatic nitrogens is 1. The van der Waals surface area contributed by atoms with Crippen molar-refractivity contribution in [1.82, 2.24) is 4.98 Å². The lowest BCUT2D eigenvalue weighted by Gasteiger charge is -2.06. The van der Waals surface area contributed by atoms with Gasteiger partial charge in [0.1, 0.15) is 5.03 Å². The van der Waals surface area contributed by atoms with Crippen LogP contribution in [0.25, 0.3) is 0 Å². The minimum Gasteiger partial charge on any atom is -0.478 e. The van der Waals surface area contributed by atoms with Crippen molar-refractivity contribution < 1.29 is 9.90 Å². The number of nitriles is 1. The fourth-order valence-electron chi connectivity index (χ4n) is 1.60. The SMILES string of the molecule is Cc1cc(C#N)cc(Sc2ccccc2C(=O)O)n1. The fraction of sp³-hybridized carbons (Fsp3) is 0.0714. The van der Waals surface area contributed by atoms with Gasteiger partial charge >= 0.3 is 5.97 Å². The van der Waals surface area contributed by atoms with Crippen LogP contribution in [0.1, 0.15) is 21.6 Å². The smallest absolute Gasteiger partial charge is 0.336 e. The topological polar surface area (TPSA) is 74.0 Å². The van der Waals surface area contributed by atoms with Gasteiger partial charge in [0, 0.05) is 10.6 Å². The molecule has 0 fully saturated rings. The van der Waals surface area contributed by atoms with E-state index >= 15 is 0 Å². The molecule has 19 heavy (non-hydrogen) atoms. The third kappa shape index (κ3) is 3.12. The van der Waals surface area contributed by atoms with Crippen LogP contribution in [0.5, 0.6) is 0 Å². The molecule has 0 saturated carbocycles. The average molecular weight is 270 g/mol. The Bertz CT molecular complexity index is 677. The van der Waals surface area contributed by atoms with Crippen molar-refractivity contribution in [3.05, 3.63) is 53.2 Å². The Labute approximate surface area is 114 Å². The molecular weight excluding hydrogens is 260 g/mol. The van der Waals surface area contributed by atoms with E-state index in [1.165, 1.54) is 11.8 Å². The number of rotatable bonds is 3. The van der Waals surface area contributed by atoms with Crippen molar-refractivity contribution in [1.29, 1.82) is 5.26 Å². The molecule has 1 N–H and O–H groups in total. The van der Waals surface area contributed by atoms with Gasteiger partial charge in [-0.1, -0.05) is 23.9 Å². The van der Waals surface area contributed by atoms with Crippen LogP contribution in [-0.2, 0) is 0 Å². The van der Waals surface area contributed by atoms with Crippen molar-refractivity contribution in [3.8, 4) is 6.07 Å². The van der Waals surface area contributed by atoms with Crippen molar-refractivity contribution >= 4 is 17.7 Å². The van der Waals surface area contributed by atoms with Crippen LogP contribution in [-0.4, -0.2) is 16.1 Å². The van der Waals surface area contributed by atoms with E-state index in [0.717, 1.165) is 5.69 Å². The molecule has 2 rings (SSSR count). The summed E-state index contributed by atoms with van der Waals surface area (Å²) >= 11 is 1.24. The Hall–Kier alpha value is -2.32. The normalized spacial score (nSPS) is 9.89. The molecule has 0 aliphatic heterocycles. The second-order valence-electron chi connectivity index (χ2n) is 3.85. The van der Waals surface area contributed by atoms with E-state index < -0.39 is 5.97 Å². The summed E-state index contributed by atoms with van der Waals surface area (Å²) in [6.07, 6.45) is 0. The van der Waals surface area contributed by atoms with Gasteiger partial charge in [0.15, 0.2) is 0 Å². The van der Waals surface area contributed by atoms with E-state index in [0.29, 0.717) is 15.5 Å². The second-order valence-corrected chi connectivity index (χ2v) is 4.91. The maximum Gasteiger partial charge on any atom is 0.336 e. The maximum atomic E-state index is 11.1. The molecule has 0 spiro atoms. The highest BCUT2D eigenvalue weighted by Crippen LogP contribution is 2.29. The first kappa shape index (κ1) is 13.1. The molecule has 1 aromatic carbocycles. The van der Waals surface area contributed by atoms with E-state index in [-0.39, 0.29) is 5.56 Å². The van der Waals surface area contributed by atoms with Crippen LogP contribution in [0.3, 0.4) is 0 Å². The number of carboxylic acids is 1. The first-order valence-electron chi connectivity index (χ1n) is 5.49. The highest BCUT2D eigenvalue weighted by molar-refractivity contribution is 7.99. The summed E-state index contributed by atoms with van der Waals surface area (Å²) in [6, 6.07) is 12.1. The van der Waals surface area contributed by atoms with Gasteiger partial charge in [0.2, 0.25) is 0 Å². The molecule has 5 heteroatoms. The molecule has 0 aliphatic carbocycles. The van der Waals surface area contributed by atoms with Crippen molar-refractivity contribution in [2.75, 3.05) is 0 Å². The summed E-state index contributed by atoms with van der Waals surface area (Å²) in [4.78, 5) is 16.0. The minimum absolute atomic E-state index is 0.231. The van der Waals surface area contributed by atoms with Crippen molar-refractivity contribution in [2.45, 2.75) is 16.8 Å². The second kappa shape index (κ2) is 5.55. The zero-order valence-electron chi connectivity index (χ0n) is 10.1. The van der Waals surface area contributed by atoms with E-state index in [9.17, 15) is 4.79 Å². The number of pyridine rings is 1. The highest BCUT2D eigenvalue weighted by atomic mass is 32.2. The van der Waals surface area contributed by atoms with Gasteiger partial charge in [-0.05, 0) is 31.2 Å². The number of nitrogens with zero attached hydrogens (tertiary/aromatic N) is 2. The average Bonchev–Trinajstić information content (AvgIpc) is 2.38. The number of carbonyl (C=O) groups is 1. The summed E-state index contributed by atoms with van der Waals surface area (Å²) < 4.78 is 0. The van der Waals surface area contributed by atoms with Crippen LogP contribution < -0.4 is 0 Å². The number of aryl methyl sites for hydroxylation is 1. The Kier molecular flexibility index (Phi) is 3.83. The highest BCUT2D eigenvalue weighted by Gasteiger charge is 2.11. The molecule has 1 aromatic heterocycles. The van der Waals surface area contributed by atoms with Crippen molar-refractivity contribution in [2.24, 2.45) is 0 Å². The Morgan fingerprint density at radius 1 is 1.37 bits per heavy atom. The fourth-order valence-corrected chi connectivity index (χ4v) is 2.61. The molecule has 1 heterocycles. The quantitative estimate of drug-likeness (QED) is 0.927. The molecule has 0 aliphatic rings. The van der Waals surface area contributed by atoms with Crippen LogP contribution >= 0.6 is 11.8 Å². The van der Waals surface area contributed by atoms with Gasteiger partial charge in [-0.15, -0.1) is 0 Å². The lowest BCUT2D eigenvalue weighted by Crippen LogP contribution is -1.98. The third-order valence-electron chi connectivity index (χ3n) is 2.39. The van der Waals surface area contributed by atoms with Gasteiger partial charge in [0.05, 0.1) is 17.2 Å². The molecular formula is C14H10N2O2S.